The smallest absolute Gasteiger partial charge is 0.272 e. The van der Waals surface area contributed by atoms with Crippen molar-refractivity contribution in [2.75, 3.05) is 13.1 Å². The van der Waals surface area contributed by atoms with E-state index < -0.39 is 0 Å². The Balaban J connectivity index is 1.75. The first-order valence-corrected chi connectivity index (χ1v) is 8.97. The van der Waals surface area contributed by atoms with Crippen molar-refractivity contribution >= 4 is 5.91 Å². The molecule has 1 amide bonds. The molecule has 0 N–H and O–H groups in total. The molecular weight excluding hydrogens is 298 g/mol. The maximum atomic E-state index is 12.9. The molecule has 4 heteroatoms. The van der Waals surface area contributed by atoms with Gasteiger partial charge in [-0.05, 0) is 37.8 Å². The summed E-state index contributed by atoms with van der Waals surface area (Å²) in [6.45, 7) is 5.90. The molecule has 1 fully saturated rings. The molecule has 0 saturated carbocycles. The van der Waals surface area contributed by atoms with Crippen LogP contribution in [0.3, 0.4) is 0 Å². The summed E-state index contributed by atoms with van der Waals surface area (Å²) in [7, 11) is 1.87. The van der Waals surface area contributed by atoms with Crippen LogP contribution in [-0.2, 0) is 13.5 Å². The van der Waals surface area contributed by atoms with Crippen molar-refractivity contribution in [3.05, 3.63) is 52.8 Å². The van der Waals surface area contributed by atoms with Gasteiger partial charge in [0.05, 0.1) is 5.69 Å². The van der Waals surface area contributed by atoms with Gasteiger partial charge >= 0.3 is 0 Å². The number of rotatable bonds is 4. The number of hydrogen-bond acceptors (Lipinski definition) is 2. The van der Waals surface area contributed by atoms with Crippen molar-refractivity contribution in [3.8, 4) is 0 Å². The van der Waals surface area contributed by atoms with Crippen molar-refractivity contribution < 1.29 is 4.79 Å². The van der Waals surface area contributed by atoms with Crippen LogP contribution in [0.5, 0.6) is 0 Å². The van der Waals surface area contributed by atoms with Crippen LogP contribution < -0.4 is 0 Å². The van der Waals surface area contributed by atoms with Crippen LogP contribution in [0.25, 0.3) is 0 Å². The van der Waals surface area contributed by atoms with E-state index in [1.807, 2.05) is 18.0 Å². The van der Waals surface area contributed by atoms with Gasteiger partial charge in [-0.3, -0.25) is 9.48 Å². The van der Waals surface area contributed by atoms with Gasteiger partial charge in [0.25, 0.3) is 5.91 Å². The molecule has 1 aliphatic heterocycles. The summed E-state index contributed by atoms with van der Waals surface area (Å²) in [5.41, 5.74) is 4.36. The Morgan fingerprint density at radius 3 is 2.92 bits per heavy atom. The third kappa shape index (κ3) is 3.53. The zero-order valence-electron chi connectivity index (χ0n) is 15.0. The van der Waals surface area contributed by atoms with E-state index in [1.165, 1.54) is 11.1 Å². The standard InChI is InChI=1S/C20H27N3O/c1-4-7-18-13-19(22(3)21-18)20(24)23-11-6-10-17(14-23)16-9-5-8-15(2)12-16/h5,8-9,12-13,17H,4,6-7,10-11,14H2,1-3H3/t17-/m0/s1. The first-order chi connectivity index (χ1) is 11.6. The molecule has 0 aliphatic carbocycles. The lowest BCUT2D eigenvalue weighted by molar-refractivity contribution is 0.0696. The highest BCUT2D eigenvalue weighted by atomic mass is 16.2. The van der Waals surface area contributed by atoms with Gasteiger partial charge in [-0.1, -0.05) is 43.2 Å². The topological polar surface area (TPSA) is 38.1 Å². The highest BCUT2D eigenvalue weighted by Gasteiger charge is 2.27. The molecule has 3 rings (SSSR count). The van der Waals surface area contributed by atoms with E-state index in [0.717, 1.165) is 44.5 Å². The number of carbonyl (C=O) groups is 1. The first-order valence-electron chi connectivity index (χ1n) is 8.97. The van der Waals surface area contributed by atoms with Crippen LogP contribution in [0, 0.1) is 6.92 Å². The van der Waals surface area contributed by atoms with E-state index in [0.29, 0.717) is 11.6 Å². The number of piperidine rings is 1. The average Bonchev–Trinajstić information content (AvgIpc) is 2.95. The summed E-state index contributed by atoms with van der Waals surface area (Å²) in [6, 6.07) is 10.6. The maximum Gasteiger partial charge on any atom is 0.272 e. The maximum absolute atomic E-state index is 12.9. The van der Waals surface area contributed by atoms with E-state index in [4.69, 9.17) is 0 Å². The normalized spacial score (nSPS) is 18.0. The Bertz CT molecular complexity index is 719. The van der Waals surface area contributed by atoms with Gasteiger partial charge in [0.2, 0.25) is 0 Å². The van der Waals surface area contributed by atoms with E-state index in [9.17, 15) is 4.79 Å². The lowest BCUT2D eigenvalue weighted by Gasteiger charge is -2.33. The predicted octanol–water partition coefficient (Wildman–Crippen LogP) is 3.70. The molecule has 4 nitrogen and oxygen atoms in total. The fourth-order valence-corrected chi connectivity index (χ4v) is 3.62. The third-order valence-corrected chi connectivity index (χ3v) is 4.88. The van der Waals surface area contributed by atoms with E-state index in [1.54, 1.807) is 4.68 Å². The molecule has 0 unspecified atom stereocenters. The fraction of sp³-hybridized carbons (Fsp3) is 0.500. The number of hydrogen-bond donors (Lipinski definition) is 0. The second kappa shape index (κ2) is 7.20. The predicted molar refractivity (Wildman–Crippen MR) is 96.3 cm³/mol. The second-order valence-electron chi connectivity index (χ2n) is 6.90. The number of aromatic nitrogens is 2. The van der Waals surface area contributed by atoms with Gasteiger partial charge in [-0.25, -0.2) is 0 Å². The molecule has 2 heterocycles. The number of benzene rings is 1. The largest absolute Gasteiger partial charge is 0.337 e. The molecule has 1 saturated heterocycles. The van der Waals surface area contributed by atoms with Crippen LogP contribution in [0.15, 0.2) is 30.3 Å². The van der Waals surface area contributed by atoms with Crippen LogP contribution >= 0.6 is 0 Å². The Labute approximate surface area is 144 Å². The Kier molecular flexibility index (Phi) is 5.03. The Hall–Kier alpha value is -2.10. The van der Waals surface area contributed by atoms with Crippen LogP contribution in [0.2, 0.25) is 0 Å². The minimum absolute atomic E-state index is 0.115. The molecule has 2 aromatic rings. The lowest BCUT2D eigenvalue weighted by Crippen LogP contribution is -2.39. The van der Waals surface area contributed by atoms with E-state index in [2.05, 4.69) is 43.2 Å². The Morgan fingerprint density at radius 1 is 1.33 bits per heavy atom. The second-order valence-corrected chi connectivity index (χ2v) is 6.90. The number of amides is 1. The van der Waals surface area contributed by atoms with Gasteiger partial charge in [0.15, 0.2) is 0 Å². The molecule has 0 bridgehead atoms. The van der Waals surface area contributed by atoms with Gasteiger partial charge in [0, 0.05) is 26.1 Å². The fourth-order valence-electron chi connectivity index (χ4n) is 3.62. The molecule has 1 atom stereocenters. The van der Waals surface area contributed by atoms with Gasteiger partial charge < -0.3 is 4.90 Å². The van der Waals surface area contributed by atoms with Crippen LogP contribution in [0.1, 0.15) is 59.4 Å². The summed E-state index contributed by atoms with van der Waals surface area (Å²) < 4.78 is 1.74. The zero-order chi connectivity index (χ0) is 17.1. The minimum Gasteiger partial charge on any atom is -0.337 e. The van der Waals surface area contributed by atoms with Crippen LogP contribution in [-0.4, -0.2) is 33.7 Å². The summed E-state index contributed by atoms with van der Waals surface area (Å²) in [4.78, 5) is 15.0. The van der Waals surface area contributed by atoms with Gasteiger partial charge in [-0.15, -0.1) is 0 Å². The quantitative estimate of drug-likeness (QED) is 0.859. The van der Waals surface area contributed by atoms with Crippen molar-refractivity contribution in [2.45, 2.75) is 45.4 Å². The lowest BCUT2D eigenvalue weighted by atomic mass is 9.89. The van der Waals surface area contributed by atoms with E-state index in [-0.39, 0.29) is 5.91 Å². The summed E-state index contributed by atoms with van der Waals surface area (Å²) in [5.74, 6) is 0.552. The average molecular weight is 325 g/mol. The van der Waals surface area contributed by atoms with Crippen molar-refractivity contribution in [1.82, 2.24) is 14.7 Å². The summed E-state index contributed by atoms with van der Waals surface area (Å²) >= 11 is 0. The molecular formula is C20H27N3O. The monoisotopic (exact) mass is 325 g/mol. The Morgan fingerprint density at radius 2 is 2.17 bits per heavy atom. The summed E-state index contributed by atoms with van der Waals surface area (Å²) in [6.07, 6.45) is 4.18. The van der Waals surface area contributed by atoms with Crippen molar-refractivity contribution in [1.29, 1.82) is 0 Å². The summed E-state index contributed by atoms with van der Waals surface area (Å²) in [5, 5.41) is 4.47. The zero-order valence-corrected chi connectivity index (χ0v) is 15.0. The number of carbonyl (C=O) groups excluding carboxylic acids is 1. The third-order valence-electron chi connectivity index (χ3n) is 4.88. The highest BCUT2D eigenvalue weighted by Crippen LogP contribution is 2.28. The van der Waals surface area contributed by atoms with Gasteiger partial charge in [-0.2, -0.15) is 5.10 Å². The number of aryl methyl sites for hydroxylation is 3. The van der Waals surface area contributed by atoms with Gasteiger partial charge in [0.1, 0.15) is 5.69 Å². The van der Waals surface area contributed by atoms with Crippen LogP contribution in [0.4, 0.5) is 0 Å². The highest BCUT2D eigenvalue weighted by molar-refractivity contribution is 5.92. The number of likely N-dealkylation sites (tertiary alicyclic amines) is 1. The minimum atomic E-state index is 0.115. The van der Waals surface area contributed by atoms with Crippen molar-refractivity contribution in [2.24, 2.45) is 7.05 Å². The number of nitrogens with zero attached hydrogens (tertiary/aromatic N) is 3. The van der Waals surface area contributed by atoms with E-state index >= 15 is 0 Å². The molecule has 1 aliphatic rings. The molecule has 1 aromatic heterocycles. The first kappa shape index (κ1) is 16.7. The molecule has 128 valence electrons. The van der Waals surface area contributed by atoms with Crippen molar-refractivity contribution in [3.63, 3.8) is 0 Å². The molecule has 1 aromatic carbocycles. The SMILES string of the molecule is CCCc1cc(C(=O)N2CCC[C@H](c3cccc(C)c3)C2)n(C)n1. The molecule has 0 spiro atoms. The molecule has 0 radical (unpaired) electrons. The molecule has 24 heavy (non-hydrogen) atoms.